The Kier molecular flexibility index (Phi) is 6.09. The number of aromatic nitrogens is 2. The number of halogens is 1. The number of aliphatic hydroxyl groups is 1. The first-order valence-electron chi connectivity index (χ1n) is 10.2. The second-order valence-electron chi connectivity index (χ2n) is 7.35. The topological polar surface area (TPSA) is 64.3 Å². The summed E-state index contributed by atoms with van der Waals surface area (Å²) in [6.45, 7) is 2.07. The van der Waals surface area contributed by atoms with E-state index in [2.05, 4.69) is 12.0 Å². The summed E-state index contributed by atoms with van der Waals surface area (Å²) < 4.78 is 20.3. The van der Waals surface area contributed by atoms with E-state index in [0.717, 1.165) is 12.0 Å². The van der Waals surface area contributed by atoms with Crippen molar-refractivity contribution in [1.29, 1.82) is 0 Å². The molecule has 0 radical (unpaired) electrons. The van der Waals surface area contributed by atoms with Gasteiger partial charge < -0.3 is 9.84 Å². The Morgan fingerprint density at radius 2 is 1.77 bits per heavy atom. The Hall–Kier alpha value is -3.51. The first-order chi connectivity index (χ1) is 15.0. The van der Waals surface area contributed by atoms with Gasteiger partial charge in [-0.2, -0.15) is 5.10 Å². The summed E-state index contributed by atoms with van der Waals surface area (Å²) >= 11 is 0. The second kappa shape index (κ2) is 9.10. The number of rotatable bonds is 7. The molecule has 1 aromatic heterocycles. The van der Waals surface area contributed by atoms with Gasteiger partial charge in [0.15, 0.2) is 0 Å². The van der Waals surface area contributed by atoms with Gasteiger partial charge in [0.25, 0.3) is 5.56 Å². The third-order valence-corrected chi connectivity index (χ3v) is 5.12. The molecular weight excluding hydrogens is 395 g/mol. The number of hydrogen-bond donors (Lipinski definition) is 1. The predicted octanol–water partition coefficient (Wildman–Crippen LogP) is 4.20. The fraction of sp³-hybridized carbons (Fsp3) is 0.200. The Bertz CT molecular complexity index is 1250. The van der Waals surface area contributed by atoms with E-state index >= 15 is 0 Å². The van der Waals surface area contributed by atoms with E-state index in [1.807, 2.05) is 36.4 Å². The SMILES string of the molecule is CCc1cccc(OCC(O)Cn2nc(-c3ccc(F)cc3)c3ccccc3c2=O)c1. The summed E-state index contributed by atoms with van der Waals surface area (Å²) in [5.41, 5.74) is 2.09. The van der Waals surface area contributed by atoms with E-state index in [4.69, 9.17) is 4.74 Å². The molecule has 0 saturated heterocycles. The van der Waals surface area contributed by atoms with Crippen molar-refractivity contribution in [2.75, 3.05) is 6.61 Å². The quantitative estimate of drug-likeness (QED) is 0.488. The van der Waals surface area contributed by atoms with Crippen molar-refractivity contribution in [2.45, 2.75) is 26.0 Å². The highest BCUT2D eigenvalue weighted by Gasteiger charge is 2.15. The Morgan fingerprint density at radius 1 is 1.03 bits per heavy atom. The van der Waals surface area contributed by atoms with Gasteiger partial charge >= 0.3 is 0 Å². The highest BCUT2D eigenvalue weighted by Crippen LogP contribution is 2.25. The van der Waals surface area contributed by atoms with Crippen LogP contribution in [0.5, 0.6) is 5.75 Å². The fourth-order valence-corrected chi connectivity index (χ4v) is 3.48. The fourth-order valence-electron chi connectivity index (χ4n) is 3.48. The van der Waals surface area contributed by atoms with Crippen molar-refractivity contribution in [3.8, 4) is 17.0 Å². The minimum atomic E-state index is -0.933. The number of aliphatic hydroxyl groups excluding tert-OH is 1. The van der Waals surface area contributed by atoms with E-state index in [9.17, 15) is 14.3 Å². The van der Waals surface area contributed by atoms with Crippen molar-refractivity contribution in [2.24, 2.45) is 0 Å². The molecule has 0 bridgehead atoms. The normalized spacial score (nSPS) is 12.1. The Balaban J connectivity index is 1.61. The Morgan fingerprint density at radius 3 is 2.52 bits per heavy atom. The van der Waals surface area contributed by atoms with Crippen LogP contribution in [-0.2, 0) is 13.0 Å². The van der Waals surface area contributed by atoms with Gasteiger partial charge in [0.1, 0.15) is 24.3 Å². The zero-order valence-corrected chi connectivity index (χ0v) is 17.2. The van der Waals surface area contributed by atoms with Crippen LogP contribution in [0.1, 0.15) is 12.5 Å². The van der Waals surface area contributed by atoms with Gasteiger partial charge in [-0.05, 0) is 54.4 Å². The van der Waals surface area contributed by atoms with Gasteiger partial charge in [0, 0.05) is 10.9 Å². The lowest BCUT2D eigenvalue weighted by molar-refractivity contribution is 0.0882. The molecule has 0 aliphatic rings. The largest absolute Gasteiger partial charge is 0.491 e. The third kappa shape index (κ3) is 4.64. The minimum absolute atomic E-state index is 0.0225. The summed E-state index contributed by atoms with van der Waals surface area (Å²) in [6, 6.07) is 20.8. The van der Waals surface area contributed by atoms with Crippen LogP contribution in [0, 0.1) is 5.82 Å². The predicted molar refractivity (Wildman–Crippen MR) is 119 cm³/mol. The molecule has 6 heteroatoms. The molecule has 0 saturated carbocycles. The molecular formula is C25H23FN2O3. The number of nitrogens with zero attached hydrogens (tertiary/aromatic N) is 2. The van der Waals surface area contributed by atoms with Gasteiger partial charge in [0.2, 0.25) is 0 Å². The molecule has 0 spiro atoms. The lowest BCUT2D eigenvalue weighted by atomic mass is 10.1. The van der Waals surface area contributed by atoms with E-state index in [1.165, 1.54) is 16.8 Å². The first-order valence-corrected chi connectivity index (χ1v) is 10.2. The summed E-state index contributed by atoms with van der Waals surface area (Å²) in [5.74, 6) is 0.324. The lowest BCUT2D eigenvalue weighted by Crippen LogP contribution is -2.32. The minimum Gasteiger partial charge on any atom is -0.491 e. The smallest absolute Gasteiger partial charge is 0.274 e. The molecule has 1 heterocycles. The maximum absolute atomic E-state index is 13.4. The van der Waals surface area contributed by atoms with Gasteiger partial charge in [-0.15, -0.1) is 0 Å². The maximum atomic E-state index is 13.4. The number of benzene rings is 3. The number of hydrogen-bond acceptors (Lipinski definition) is 4. The summed E-state index contributed by atoms with van der Waals surface area (Å²) in [4.78, 5) is 12.9. The summed E-state index contributed by atoms with van der Waals surface area (Å²) in [7, 11) is 0. The molecule has 3 aromatic carbocycles. The van der Waals surface area contributed by atoms with Gasteiger partial charge in [-0.1, -0.05) is 37.3 Å². The van der Waals surface area contributed by atoms with Crippen molar-refractivity contribution < 1.29 is 14.2 Å². The van der Waals surface area contributed by atoms with E-state index in [0.29, 0.717) is 27.8 Å². The molecule has 5 nitrogen and oxygen atoms in total. The van der Waals surface area contributed by atoms with Gasteiger partial charge in [0.05, 0.1) is 17.6 Å². The zero-order chi connectivity index (χ0) is 21.8. The molecule has 0 amide bonds. The van der Waals surface area contributed by atoms with Crippen molar-refractivity contribution >= 4 is 10.8 Å². The van der Waals surface area contributed by atoms with Crippen LogP contribution in [0.2, 0.25) is 0 Å². The van der Waals surface area contributed by atoms with Crippen molar-refractivity contribution in [3.05, 3.63) is 94.5 Å². The molecule has 0 fully saturated rings. The third-order valence-electron chi connectivity index (χ3n) is 5.12. The number of ether oxygens (including phenoxy) is 1. The summed E-state index contributed by atoms with van der Waals surface area (Å²) in [6.07, 6.45) is -0.0415. The molecule has 158 valence electrons. The average Bonchev–Trinajstić information content (AvgIpc) is 2.80. The molecule has 1 unspecified atom stereocenters. The molecule has 31 heavy (non-hydrogen) atoms. The highest BCUT2D eigenvalue weighted by molar-refractivity contribution is 5.93. The first kappa shape index (κ1) is 20.8. The summed E-state index contributed by atoms with van der Waals surface area (Å²) in [5, 5.41) is 16.2. The molecule has 1 N–H and O–H groups in total. The highest BCUT2D eigenvalue weighted by atomic mass is 19.1. The molecule has 4 rings (SSSR count). The van der Waals surface area contributed by atoms with Crippen LogP contribution in [-0.4, -0.2) is 27.6 Å². The molecule has 0 aliphatic carbocycles. The van der Waals surface area contributed by atoms with Crippen LogP contribution in [0.15, 0.2) is 77.6 Å². The Labute approximate surface area is 179 Å². The lowest BCUT2D eigenvalue weighted by Gasteiger charge is -2.16. The van der Waals surface area contributed by atoms with E-state index < -0.39 is 6.10 Å². The zero-order valence-electron chi connectivity index (χ0n) is 17.2. The van der Waals surface area contributed by atoms with Crippen LogP contribution >= 0.6 is 0 Å². The second-order valence-corrected chi connectivity index (χ2v) is 7.35. The standard InChI is InChI=1S/C25H23FN2O3/c1-2-17-6-5-7-21(14-17)31-16-20(29)15-28-25(30)23-9-4-3-8-22(23)24(27-28)18-10-12-19(26)13-11-18/h3-14,20,29H,2,15-16H2,1H3. The monoisotopic (exact) mass is 418 g/mol. The molecule has 1 atom stereocenters. The van der Waals surface area contributed by atoms with Crippen molar-refractivity contribution in [1.82, 2.24) is 9.78 Å². The van der Waals surface area contributed by atoms with Crippen LogP contribution in [0.25, 0.3) is 22.0 Å². The van der Waals surface area contributed by atoms with Crippen molar-refractivity contribution in [3.63, 3.8) is 0 Å². The average molecular weight is 418 g/mol. The molecule has 0 aliphatic heterocycles. The number of aryl methyl sites for hydroxylation is 1. The van der Waals surface area contributed by atoms with Crippen LogP contribution in [0.4, 0.5) is 4.39 Å². The van der Waals surface area contributed by atoms with Crippen LogP contribution in [0.3, 0.4) is 0 Å². The molecule has 4 aromatic rings. The van der Waals surface area contributed by atoms with Gasteiger partial charge in [-0.25, -0.2) is 9.07 Å². The van der Waals surface area contributed by atoms with Gasteiger partial charge in [-0.3, -0.25) is 4.79 Å². The maximum Gasteiger partial charge on any atom is 0.274 e. The van der Waals surface area contributed by atoms with Crippen LogP contribution < -0.4 is 10.3 Å². The van der Waals surface area contributed by atoms with E-state index in [-0.39, 0.29) is 24.5 Å². The van der Waals surface area contributed by atoms with E-state index in [1.54, 1.807) is 24.3 Å². The number of fused-ring (bicyclic) bond motifs is 1.